The van der Waals surface area contributed by atoms with Crippen LogP contribution >= 0.6 is 15.9 Å². The van der Waals surface area contributed by atoms with Crippen molar-refractivity contribution in [2.24, 2.45) is 0 Å². The van der Waals surface area contributed by atoms with E-state index >= 15 is 0 Å². The fraction of sp³-hybridized carbons (Fsp3) is 0.273. The van der Waals surface area contributed by atoms with E-state index in [2.05, 4.69) is 28.1 Å². The molecule has 0 saturated carbocycles. The highest BCUT2D eigenvalue weighted by Crippen LogP contribution is 2.18. The van der Waals surface area contributed by atoms with Crippen LogP contribution in [0.25, 0.3) is 6.08 Å². The third-order valence-electron chi connectivity index (χ3n) is 1.71. The number of hydrogen-bond acceptors (Lipinski definition) is 1. The van der Waals surface area contributed by atoms with E-state index in [1.807, 2.05) is 24.3 Å². The third-order valence-corrected chi connectivity index (χ3v) is 2.17. The van der Waals surface area contributed by atoms with E-state index in [1.54, 1.807) is 7.11 Å². The number of methoxy groups -OCH3 is 1. The van der Waals surface area contributed by atoms with Crippen LogP contribution in [0.1, 0.15) is 12.0 Å². The molecule has 0 atom stereocenters. The van der Waals surface area contributed by atoms with Gasteiger partial charge in [-0.25, -0.2) is 0 Å². The summed E-state index contributed by atoms with van der Waals surface area (Å²) < 4.78 is 5.21. The number of rotatable bonds is 4. The highest BCUT2D eigenvalue weighted by atomic mass is 79.9. The molecule has 70 valence electrons. The number of benzene rings is 1. The lowest BCUT2D eigenvalue weighted by atomic mass is 10.2. The minimum Gasteiger partial charge on any atom is -0.496 e. The number of para-hydroxylation sites is 1. The number of hydrogen-bond donors (Lipinski definition) is 0. The average Bonchev–Trinajstić information content (AvgIpc) is 2.19. The lowest BCUT2D eigenvalue weighted by molar-refractivity contribution is 0.414. The smallest absolute Gasteiger partial charge is 0.126 e. The lowest BCUT2D eigenvalue weighted by Gasteiger charge is -2.02. The van der Waals surface area contributed by atoms with Gasteiger partial charge >= 0.3 is 0 Å². The summed E-state index contributed by atoms with van der Waals surface area (Å²) in [7, 11) is 1.69. The first-order valence-corrected chi connectivity index (χ1v) is 5.36. The Kier molecular flexibility index (Phi) is 4.61. The van der Waals surface area contributed by atoms with Crippen molar-refractivity contribution in [3.05, 3.63) is 35.9 Å². The van der Waals surface area contributed by atoms with Crippen LogP contribution in [0.3, 0.4) is 0 Å². The summed E-state index contributed by atoms with van der Waals surface area (Å²) in [6.07, 6.45) is 5.25. The Morgan fingerprint density at radius 1 is 1.38 bits per heavy atom. The maximum atomic E-state index is 5.21. The third kappa shape index (κ3) is 3.23. The van der Waals surface area contributed by atoms with Crippen molar-refractivity contribution in [3.8, 4) is 5.75 Å². The highest BCUT2D eigenvalue weighted by Gasteiger charge is 1.95. The standard InChI is InChI=1S/C11H13BrO/c1-13-11-8-3-2-6-10(11)7-4-5-9-12/h2-4,6-8H,5,9H2,1H3. The largest absolute Gasteiger partial charge is 0.496 e. The molecule has 0 aliphatic heterocycles. The second-order valence-corrected chi connectivity index (χ2v) is 3.41. The first kappa shape index (κ1) is 10.3. The lowest BCUT2D eigenvalue weighted by Crippen LogP contribution is -1.85. The molecule has 0 saturated heterocycles. The van der Waals surface area contributed by atoms with Gasteiger partial charge in [0.05, 0.1) is 7.11 Å². The van der Waals surface area contributed by atoms with Crippen LogP contribution in [0.4, 0.5) is 0 Å². The predicted molar refractivity (Wildman–Crippen MR) is 60.4 cm³/mol. The molecule has 0 heterocycles. The van der Waals surface area contributed by atoms with Gasteiger partial charge in [0.15, 0.2) is 0 Å². The monoisotopic (exact) mass is 240 g/mol. The Hall–Kier alpha value is -0.760. The summed E-state index contributed by atoms with van der Waals surface area (Å²) >= 11 is 3.38. The van der Waals surface area contributed by atoms with Gasteiger partial charge in [0, 0.05) is 10.9 Å². The Bertz CT molecular complexity index is 281. The molecular formula is C11H13BrO. The van der Waals surface area contributed by atoms with Gasteiger partial charge < -0.3 is 4.74 Å². The van der Waals surface area contributed by atoms with E-state index in [-0.39, 0.29) is 0 Å². The van der Waals surface area contributed by atoms with E-state index in [0.29, 0.717) is 0 Å². The molecule has 1 aromatic rings. The van der Waals surface area contributed by atoms with Gasteiger partial charge in [-0.15, -0.1) is 0 Å². The second kappa shape index (κ2) is 5.81. The molecular weight excluding hydrogens is 228 g/mol. The molecule has 0 fully saturated rings. The fourth-order valence-corrected chi connectivity index (χ4v) is 1.34. The van der Waals surface area contributed by atoms with Gasteiger partial charge in [0.2, 0.25) is 0 Å². The van der Waals surface area contributed by atoms with E-state index in [9.17, 15) is 0 Å². The topological polar surface area (TPSA) is 9.23 Å². The molecule has 1 nitrogen and oxygen atoms in total. The summed E-state index contributed by atoms with van der Waals surface area (Å²) in [4.78, 5) is 0. The summed E-state index contributed by atoms with van der Waals surface area (Å²) in [5, 5.41) is 0.999. The zero-order valence-electron chi connectivity index (χ0n) is 7.66. The summed E-state index contributed by atoms with van der Waals surface area (Å²) in [5.41, 5.74) is 1.13. The van der Waals surface area contributed by atoms with Gasteiger partial charge in [0.25, 0.3) is 0 Å². The predicted octanol–water partition coefficient (Wildman–Crippen LogP) is 3.49. The van der Waals surface area contributed by atoms with Crippen molar-refractivity contribution < 1.29 is 4.74 Å². The zero-order chi connectivity index (χ0) is 9.52. The first-order valence-electron chi connectivity index (χ1n) is 4.24. The minimum atomic E-state index is 0.924. The molecule has 1 aromatic carbocycles. The zero-order valence-corrected chi connectivity index (χ0v) is 9.25. The normalized spacial score (nSPS) is 10.6. The molecule has 1 rings (SSSR count). The molecule has 0 spiro atoms. The Labute approximate surface area is 87.5 Å². The average molecular weight is 241 g/mol. The molecule has 0 radical (unpaired) electrons. The molecule has 0 aliphatic rings. The summed E-state index contributed by atoms with van der Waals surface area (Å²) in [5.74, 6) is 0.924. The van der Waals surface area contributed by atoms with E-state index in [0.717, 1.165) is 23.1 Å². The minimum absolute atomic E-state index is 0.924. The maximum Gasteiger partial charge on any atom is 0.126 e. The number of ether oxygens (including phenoxy) is 1. The van der Waals surface area contributed by atoms with Crippen LogP contribution in [-0.2, 0) is 0 Å². The van der Waals surface area contributed by atoms with Gasteiger partial charge in [0.1, 0.15) is 5.75 Å². The van der Waals surface area contributed by atoms with Crippen LogP contribution in [-0.4, -0.2) is 12.4 Å². The molecule has 0 aromatic heterocycles. The van der Waals surface area contributed by atoms with Crippen molar-refractivity contribution in [1.82, 2.24) is 0 Å². The van der Waals surface area contributed by atoms with Crippen LogP contribution < -0.4 is 4.74 Å². The SMILES string of the molecule is COc1ccccc1C=CCCBr. The van der Waals surface area contributed by atoms with Crippen molar-refractivity contribution in [1.29, 1.82) is 0 Å². The molecule has 0 amide bonds. The van der Waals surface area contributed by atoms with Crippen LogP contribution in [0.2, 0.25) is 0 Å². The van der Waals surface area contributed by atoms with Gasteiger partial charge in [-0.1, -0.05) is 46.3 Å². The second-order valence-electron chi connectivity index (χ2n) is 2.62. The van der Waals surface area contributed by atoms with Crippen molar-refractivity contribution in [2.45, 2.75) is 6.42 Å². The molecule has 13 heavy (non-hydrogen) atoms. The molecule has 2 heteroatoms. The van der Waals surface area contributed by atoms with E-state index < -0.39 is 0 Å². The molecule has 0 aliphatic carbocycles. The number of alkyl halides is 1. The van der Waals surface area contributed by atoms with Crippen molar-refractivity contribution >= 4 is 22.0 Å². The number of allylic oxidation sites excluding steroid dienone is 1. The summed E-state index contributed by atoms with van der Waals surface area (Å²) in [6, 6.07) is 7.99. The Morgan fingerprint density at radius 3 is 2.85 bits per heavy atom. The van der Waals surface area contributed by atoms with Gasteiger partial charge in [-0.2, -0.15) is 0 Å². The van der Waals surface area contributed by atoms with Gasteiger partial charge in [-0.05, 0) is 12.5 Å². The fourth-order valence-electron chi connectivity index (χ4n) is 1.08. The van der Waals surface area contributed by atoms with Crippen LogP contribution in [0.15, 0.2) is 30.3 Å². The van der Waals surface area contributed by atoms with E-state index in [1.165, 1.54) is 0 Å². The maximum absolute atomic E-state index is 5.21. The Balaban J connectivity index is 2.74. The first-order chi connectivity index (χ1) is 6.38. The molecule has 0 unspecified atom stereocenters. The van der Waals surface area contributed by atoms with Gasteiger partial charge in [-0.3, -0.25) is 0 Å². The molecule has 0 N–H and O–H groups in total. The summed E-state index contributed by atoms with van der Waals surface area (Å²) in [6.45, 7) is 0. The van der Waals surface area contributed by atoms with Crippen LogP contribution in [0.5, 0.6) is 5.75 Å². The molecule has 0 bridgehead atoms. The van der Waals surface area contributed by atoms with Crippen molar-refractivity contribution in [3.63, 3.8) is 0 Å². The number of halogens is 1. The quantitative estimate of drug-likeness (QED) is 0.733. The van der Waals surface area contributed by atoms with Crippen molar-refractivity contribution in [2.75, 3.05) is 12.4 Å². The van der Waals surface area contributed by atoms with E-state index in [4.69, 9.17) is 4.74 Å². The van der Waals surface area contributed by atoms with Crippen LogP contribution in [0, 0.1) is 0 Å². The Morgan fingerprint density at radius 2 is 2.15 bits per heavy atom. The highest BCUT2D eigenvalue weighted by molar-refractivity contribution is 9.09.